The minimum atomic E-state index is -3.42. The van der Waals surface area contributed by atoms with Crippen molar-refractivity contribution in [2.24, 2.45) is 0 Å². The van der Waals surface area contributed by atoms with Crippen LogP contribution in [0.2, 0.25) is 0 Å². The van der Waals surface area contributed by atoms with Crippen LogP contribution in [0.25, 0.3) is 11.0 Å². The van der Waals surface area contributed by atoms with Crippen molar-refractivity contribution in [1.82, 2.24) is 9.97 Å². The van der Waals surface area contributed by atoms with Crippen LogP contribution >= 0.6 is 11.8 Å². The maximum absolute atomic E-state index is 13.0. The summed E-state index contributed by atoms with van der Waals surface area (Å²) in [6.07, 6.45) is 1.09. The summed E-state index contributed by atoms with van der Waals surface area (Å²) in [6, 6.07) is 20.3. The first-order valence-electron chi connectivity index (χ1n) is 9.84. The number of sulfonamides is 1. The number of rotatable bonds is 7. The molecular weight excluding hydrogens is 444 g/mol. The molecule has 1 heterocycles. The van der Waals surface area contributed by atoms with Crippen LogP contribution < -0.4 is 10.0 Å². The van der Waals surface area contributed by atoms with Gasteiger partial charge >= 0.3 is 0 Å². The molecule has 4 rings (SSSR count). The van der Waals surface area contributed by atoms with Crippen molar-refractivity contribution < 1.29 is 13.2 Å². The number of amides is 1. The van der Waals surface area contributed by atoms with Gasteiger partial charge in [-0.25, -0.2) is 13.4 Å². The van der Waals surface area contributed by atoms with E-state index in [0.29, 0.717) is 22.7 Å². The number of imidazole rings is 1. The Labute approximate surface area is 190 Å². The lowest BCUT2D eigenvalue weighted by Crippen LogP contribution is -2.15. The first-order valence-corrected chi connectivity index (χ1v) is 12.7. The van der Waals surface area contributed by atoms with Gasteiger partial charge in [0.15, 0.2) is 5.16 Å². The minimum Gasteiger partial charge on any atom is -0.333 e. The van der Waals surface area contributed by atoms with Crippen molar-refractivity contribution in [2.75, 3.05) is 16.3 Å². The van der Waals surface area contributed by atoms with Crippen molar-refractivity contribution in [2.45, 2.75) is 17.8 Å². The predicted molar refractivity (Wildman–Crippen MR) is 130 cm³/mol. The van der Waals surface area contributed by atoms with E-state index in [2.05, 4.69) is 20.0 Å². The molecule has 0 saturated heterocycles. The lowest BCUT2D eigenvalue weighted by atomic mass is 10.1. The van der Waals surface area contributed by atoms with Gasteiger partial charge in [0.25, 0.3) is 5.91 Å². The summed E-state index contributed by atoms with van der Waals surface area (Å²) in [5.41, 5.74) is 4.99. The number of hydrogen-bond acceptors (Lipinski definition) is 5. The lowest BCUT2D eigenvalue weighted by Gasteiger charge is -2.13. The number of aromatic nitrogens is 2. The molecule has 0 spiro atoms. The number of H-pyrrole nitrogens is 1. The Kier molecular flexibility index (Phi) is 6.20. The van der Waals surface area contributed by atoms with E-state index in [1.54, 1.807) is 31.2 Å². The molecule has 0 radical (unpaired) electrons. The molecule has 1 amide bonds. The Morgan fingerprint density at radius 2 is 1.81 bits per heavy atom. The summed E-state index contributed by atoms with van der Waals surface area (Å²) in [6.45, 7) is 1.80. The number of hydrogen-bond donors (Lipinski definition) is 3. The molecule has 7 nitrogen and oxygen atoms in total. The van der Waals surface area contributed by atoms with Gasteiger partial charge in [-0.05, 0) is 48.4 Å². The molecular formula is C23H22N4O3S2. The zero-order valence-corrected chi connectivity index (χ0v) is 19.2. The highest BCUT2D eigenvalue weighted by Gasteiger charge is 2.14. The van der Waals surface area contributed by atoms with E-state index >= 15 is 0 Å². The molecule has 0 unspecified atom stereocenters. The number of carbonyl (C=O) groups excluding carboxylic acids is 1. The van der Waals surface area contributed by atoms with Crippen LogP contribution in [0.5, 0.6) is 0 Å². The van der Waals surface area contributed by atoms with Crippen LogP contribution in [0.3, 0.4) is 0 Å². The van der Waals surface area contributed by atoms with Crippen LogP contribution in [-0.4, -0.2) is 30.5 Å². The van der Waals surface area contributed by atoms with Crippen molar-refractivity contribution in [1.29, 1.82) is 0 Å². The fraction of sp³-hybridized carbons (Fsp3) is 0.130. The number of carbonyl (C=O) groups is 1. The molecule has 3 aromatic carbocycles. The van der Waals surface area contributed by atoms with E-state index in [0.717, 1.165) is 33.6 Å². The summed E-state index contributed by atoms with van der Waals surface area (Å²) >= 11 is 1.52. The number of thioether (sulfide) groups is 1. The molecule has 0 fully saturated rings. The van der Waals surface area contributed by atoms with Crippen molar-refractivity contribution in [3.05, 3.63) is 83.4 Å². The smallest absolute Gasteiger partial charge is 0.255 e. The Hall–Kier alpha value is -3.30. The zero-order chi connectivity index (χ0) is 22.7. The minimum absolute atomic E-state index is 0.264. The molecule has 32 heavy (non-hydrogen) atoms. The topological polar surface area (TPSA) is 104 Å². The maximum atomic E-state index is 13.0. The Morgan fingerprint density at radius 1 is 1.06 bits per heavy atom. The second-order valence-electron chi connectivity index (χ2n) is 7.36. The third kappa shape index (κ3) is 5.30. The standard InChI is InChI=1S/C23H22N4O3S2/c1-15-11-12-17(13-21(15)27-32(2,29)30)24-22(28)18-8-4-3-7-16(18)14-31-23-25-19-9-5-6-10-20(19)26-23/h3-13,27H,14H2,1-2H3,(H,24,28)(H,25,26). The Balaban J connectivity index is 1.50. The van der Waals surface area contributed by atoms with Gasteiger partial charge in [-0.3, -0.25) is 9.52 Å². The van der Waals surface area contributed by atoms with Gasteiger partial charge in [-0.15, -0.1) is 0 Å². The normalized spacial score (nSPS) is 11.4. The van der Waals surface area contributed by atoms with Crippen LogP contribution in [0.4, 0.5) is 11.4 Å². The predicted octanol–water partition coefficient (Wildman–Crippen LogP) is 4.79. The van der Waals surface area contributed by atoms with Gasteiger partial charge in [0.2, 0.25) is 10.0 Å². The molecule has 0 aliphatic heterocycles. The summed E-state index contributed by atoms with van der Waals surface area (Å²) in [4.78, 5) is 20.8. The highest BCUT2D eigenvalue weighted by atomic mass is 32.2. The first-order chi connectivity index (χ1) is 15.3. The SMILES string of the molecule is Cc1ccc(NC(=O)c2ccccc2CSc2nc3ccccc3[nH]2)cc1NS(C)(=O)=O. The van der Waals surface area contributed by atoms with E-state index in [9.17, 15) is 13.2 Å². The van der Waals surface area contributed by atoms with Gasteiger partial charge < -0.3 is 10.3 Å². The van der Waals surface area contributed by atoms with Crippen LogP contribution in [0, 0.1) is 6.92 Å². The average Bonchev–Trinajstić information content (AvgIpc) is 3.17. The number of nitrogens with zero attached hydrogens (tertiary/aromatic N) is 1. The lowest BCUT2D eigenvalue weighted by molar-refractivity contribution is 0.102. The highest BCUT2D eigenvalue weighted by Crippen LogP contribution is 2.26. The fourth-order valence-corrected chi connectivity index (χ4v) is 4.73. The number of aromatic amines is 1. The second kappa shape index (κ2) is 9.05. The third-order valence-electron chi connectivity index (χ3n) is 4.78. The van der Waals surface area contributed by atoms with E-state index in [1.165, 1.54) is 11.8 Å². The molecule has 0 aliphatic carbocycles. The average molecular weight is 467 g/mol. The van der Waals surface area contributed by atoms with Gasteiger partial charge in [-0.2, -0.15) is 0 Å². The van der Waals surface area contributed by atoms with Crippen molar-refractivity contribution in [3.63, 3.8) is 0 Å². The zero-order valence-electron chi connectivity index (χ0n) is 17.5. The Bertz CT molecular complexity index is 1360. The van der Waals surface area contributed by atoms with Gasteiger partial charge in [0.1, 0.15) is 0 Å². The molecule has 0 bridgehead atoms. The van der Waals surface area contributed by atoms with Gasteiger partial charge in [-0.1, -0.05) is 48.2 Å². The van der Waals surface area contributed by atoms with Crippen LogP contribution in [-0.2, 0) is 15.8 Å². The summed E-state index contributed by atoms with van der Waals surface area (Å²) in [5.74, 6) is 0.304. The molecule has 1 aromatic heterocycles. The first kappa shape index (κ1) is 21.9. The molecule has 0 saturated carbocycles. The number of fused-ring (bicyclic) bond motifs is 1. The molecule has 4 aromatic rings. The van der Waals surface area contributed by atoms with Crippen molar-refractivity contribution >= 4 is 50.1 Å². The largest absolute Gasteiger partial charge is 0.333 e. The monoisotopic (exact) mass is 466 g/mol. The summed E-state index contributed by atoms with van der Waals surface area (Å²) in [7, 11) is -3.42. The highest BCUT2D eigenvalue weighted by molar-refractivity contribution is 7.98. The summed E-state index contributed by atoms with van der Waals surface area (Å²) < 4.78 is 25.7. The number of para-hydroxylation sites is 2. The quantitative estimate of drug-likeness (QED) is 0.340. The second-order valence-corrected chi connectivity index (χ2v) is 10.1. The van der Waals surface area contributed by atoms with Gasteiger partial charge in [0.05, 0.1) is 23.0 Å². The number of anilines is 2. The van der Waals surface area contributed by atoms with E-state index in [-0.39, 0.29) is 5.91 Å². The molecule has 0 aliphatic rings. The van der Waals surface area contributed by atoms with E-state index in [1.807, 2.05) is 42.5 Å². The van der Waals surface area contributed by atoms with Gasteiger partial charge in [0, 0.05) is 17.0 Å². The number of benzene rings is 3. The number of nitrogens with one attached hydrogen (secondary N) is 3. The molecule has 9 heteroatoms. The molecule has 3 N–H and O–H groups in total. The van der Waals surface area contributed by atoms with Crippen LogP contribution in [0.1, 0.15) is 21.5 Å². The maximum Gasteiger partial charge on any atom is 0.255 e. The van der Waals surface area contributed by atoms with E-state index in [4.69, 9.17) is 0 Å². The van der Waals surface area contributed by atoms with Crippen molar-refractivity contribution in [3.8, 4) is 0 Å². The summed E-state index contributed by atoms with van der Waals surface area (Å²) in [5, 5.41) is 3.65. The number of aryl methyl sites for hydroxylation is 1. The van der Waals surface area contributed by atoms with Crippen LogP contribution in [0.15, 0.2) is 71.9 Å². The molecule has 0 atom stereocenters. The van der Waals surface area contributed by atoms with E-state index < -0.39 is 10.0 Å². The molecule has 164 valence electrons. The fourth-order valence-electron chi connectivity index (χ4n) is 3.22. The Morgan fingerprint density at radius 3 is 2.59 bits per heavy atom. The third-order valence-corrected chi connectivity index (χ3v) is 6.30.